The van der Waals surface area contributed by atoms with Gasteiger partial charge in [-0.05, 0) is 49.2 Å². The average Bonchev–Trinajstić information content (AvgIpc) is 2.56. The van der Waals surface area contributed by atoms with Crippen LogP contribution in [0.4, 0.5) is 0 Å². The number of halogens is 2. The molecule has 0 aromatic heterocycles. The molecule has 5 nitrogen and oxygen atoms in total. The molecule has 0 radical (unpaired) electrons. The van der Waals surface area contributed by atoms with E-state index >= 15 is 0 Å². The number of rotatable bonds is 6. The van der Waals surface area contributed by atoms with E-state index < -0.39 is 18.0 Å². The highest BCUT2D eigenvalue weighted by Crippen LogP contribution is 2.26. The van der Waals surface area contributed by atoms with Crippen molar-refractivity contribution < 1.29 is 19.4 Å². The van der Waals surface area contributed by atoms with Crippen LogP contribution in [-0.4, -0.2) is 23.1 Å². The zero-order valence-corrected chi connectivity index (χ0v) is 15.8. The first-order valence-corrected chi connectivity index (χ1v) is 8.74. The van der Waals surface area contributed by atoms with Gasteiger partial charge in [-0.3, -0.25) is 9.59 Å². The summed E-state index contributed by atoms with van der Waals surface area (Å²) in [6.07, 6.45) is -0.940. The minimum atomic E-state index is -0.951. The molecule has 2 atom stereocenters. The van der Waals surface area contributed by atoms with Crippen molar-refractivity contribution in [2.75, 3.05) is 0 Å². The average molecular weight is 396 g/mol. The number of carbonyl (C=O) groups excluding carboxylic acids is 2. The molecule has 0 fully saturated rings. The summed E-state index contributed by atoms with van der Waals surface area (Å²) in [5.41, 5.74) is 1.40. The van der Waals surface area contributed by atoms with Gasteiger partial charge in [-0.2, -0.15) is 0 Å². The normalized spacial score (nSPS) is 12.9. The fourth-order valence-corrected chi connectivity index (χ4v) is 2.91. The molecule has 0 unspecified atom stereocenters. The lowest BCUT2D eigenvalue weighted by atomic mass is 10.1. The van der Waals surface area contributed by atoms with Crippen LogP contribution < -0.4 is 5.32 Å². The smallest absolute Gasteiger partial charge is 0.311 e. The quantitative estimate of drug-likeness (QED) is 0.723. The third-order valence-electron chi connectivity index (χ3n) is 3.75. The van der Waals surface area contributed by atoms with E-state index in [4.69, 9.17) is 27.9 Å². The Bertz CT molecular complexity index is 793. The first-order valence-electron chi connectivity index (χ1n) is 7.99. The Kier molecular flexibility index (Phi) is 6.89. The largest absolute Gasteiger partial charge is 0.508 e. The lowest BCUT2D eigenvalue weighted by Crippen LogP contribution is -2.37. The molecule has 138 valence electrons. The van der Waals surface area contributed by atoms with Crippen LogP contribution in [0.25, 0.3) is 0 Å². The highest BCUT2D eigenvalue weighted by molar-refractivity contribution is 6.35. The molecule has 7 heteroatoms. The zero-order valence-electron chi connectivity index (χ0n) is 14.3. The molecule has 2 rings (SSSR count). The molecular weight excluding hydrogens is 377 g/mol. The van der Waals surface area contributed by atoms with Crippen molar-refractivity contribution in [3.8, 4) is 5.75 Å². The monoisotopic (exact) mass is 395 g/mol. The molecule has 1 amide bonds. The van der Waals surface area contributed by atoms with Crippen LogP contribution in [0, 0.1) is 0 Å². The fraction of sp³-hybridized carbons (Fsp3) is 0.263. The highest BCUT2D eigenvalue weighted by atomic mass is 35.5. The Hall–Kier alpha value is -2.24. The lowest BCUT2D eigenvalue weighted by Gasteiger charge is -2.19. The number of ether oxygens (including phenoxy) is 1. The second kappa shape index (κ2) is 8.92. The van der Waals surface area contributed by atoms with E-state index in [0.29, 0.717) is 21.2 Å². The summed E-state index contributed by atoms with van der Waals surface area (Å²) in [5, 5.41) is 12.9. The predicted molar refractivity (Wildman–Crippen MR) is 100 cm³/mol. The SMILES string of the molecule is C[C@H](OC(=O)Cc1ccc(O)cc1)C(=O)N[C@@H](C)c1ccc(Cl)cc1Cl. The second-order valence-corrected chi connectivity index (χ2v) is 6.72. The van der Waals surface area contributed by atoms with Crippen LogP contribution in [0.3, 0.4) is 0 Å². The van der Waals surface area contributed by atoms with Crippen molar-refractivity contribution in [3.63, 3.8) is 0 Å². The van der Waals surface area contributed by atoms with E-state index in [1.165, 1.54) is 19.1 Å². The maximum atomic E-state index is 12.2. The molecule has 2 N–H and O–H groups in total. The van der Waals surface area contributed by atoms with E-state index in [-0.39, 0.29) is 18.2 Å². The van der Waals surface area contributed by atoms with Crippen LogP contribution >= 0.6 is 23.2 Å². The number of hydrogen-bond acceptors (Lipinski definition) is 4. The molecule has 0 bridgehead atoms. The third kappa shape index (κ3) is 5.64. The molecular formula is C19H19Cl2NO4. The first kappa shape index (κ1) is 20.1. The summed E-state index contributed by atoms with van der Waals surface area (Å²) in [4.78, 5) is 24.2. The minimum absolute atomic E-state index is 0.0104. The number of benzene rings is 2. The van der Waals surface area contributed by atoms with Crippen LogP contribution in [-0.2, 0) is 20.7 Å². The number of amides is 1. The van der Waals surface area contributed by atoms with Crippen LogP contribution in [0.2, 0.25) is 10.0 Å². The maximum Gasteiger partial charge on any atom is 0.311 e. The van der Waals surface area contributed by atoms with Crippen molar-refractivity contribution >= 4 is 35.1 Å². The molecule has 0 spiro atoms. The van der Waals surface area contributed by atoms with Gasteiger partial charge in [0.25, 0.3) is 5.91 Å². The van der Waals surface area contributed by atoms with E-state index in [9.17, 15) is 14.7 Å². The second-order valence-electron chi connectivity index (χ2n) is 5.87. The molecule has 2 aromatic rings. The molecule has 26 heavy (non-hydrogen) atoms. The number of esters is 1. The summed E-state index contributed by atoms with van der Waals surface area (Å²) in [6.45, 7) is 3.28. The standard InChI is InChI=1S/C19H19Cl2NO4/c1-11(16-8-5-14(20)10-17(16)21)22-19(25)12(2)26-18(24)9-13-3-6-15(23)7-4-13/h3-8,10-12,23H,9H2,1-2H3,(H,22,25)/t11-,12-/m0/s1. The van der Waals surface area contributed by atoms with E-state index in [1.54, 1.807) is 37.3 Å². The summed E-state index contributed by atoms with van der Waals surface area (Å²) in [5.74, 6) is -0.845. The van der Waals surface area contributed by atoms with Gasteiger partial charge < -0.3 is 15.2 Å². The fourth-order valence-electron chi connectivity index (χ4n) is 2.33. The van der Waals surface area contributed by atoms with Gasteiger partial charge in [0.05, 0.1) is 12.5 Å². The van der Waals surface area contributed by atoms with Gasteiger partial charge in [-0.25, -0.2) is 0 Å². The van der Waals surface area contributed by atoms with Gasteiger partial charge in [0.1, 0.15) is 5.75 Å². The molecule has 0 aliphatic carbocycles. The van der Waals surface area contributed by atoms with E-state index in [2.05, 4.69) is 5.32 Å². The van der Waals surface area contributed by atoms with Crippen molar-refractivity contribution in [2.45, 2.75) is 32.4 Å². The third-order valence-corrected chi connectivity index (χ3v) is 4.31. The Labute approximate surface area is 161 Å². The Balaban J connectivity index is 1.90. The Morgan fingerprint density at radius 1 is 1.12 bits per heavy atom. The van der Waals surface area contributed by atoms with Gasteiger partial charge >= 0.3 is 5.97 Å². The number of carbonyl (C=O) groups is 2. The summed E-state index contributed by atoms with van der Waals surface area (Å²) in [7, 11) is 0. The number of nitrogens with one attached hydrogen (secondary N) is 1. The Morgan fingerprint density at radius 2 is 1.77 bits per heavy atom. The lowest BCUT2D eigenvalue weighted by molar-refractivity contribution is -0.154. The van der Waals surface area contributed by atoms with Crippen LogP contribution in [0.5, 0.6) is 5.75 Å². The summed E-state index contributed by atoms with van der Waals surface area (Å²) >= 11 is 12.0. The van der Waals surface area contributed by atoms with Gasteiger partial charge in [0, 0.05) is 10.0 Å². The number of phenols is 1. The maximum absolute atomic E-state index is 12.2. The zero-order chi connectivity index (χ0) is 19.3. The van der Waals surface area contributed by atoms with Crippen molar-refractivity contribution in [3.05, 3.63) is 63.6 Å². The number of phenolic OH excluding ortho intramolecular Hbond substituents is 1. The summed E-state index contributed by atoms with van der Waals surface area (Å²) in [6, 6.07) is 10.8. The molecule has 2 aromatic carbocycles. The van der Waals surface area contributed by atoms with E-state index in [0.717, 1.165) is 0 Å². The van der Waals surface area contributed by atoms with E-state index in [1.807, 2.05) is 0 Å². The van der Waals surface area contributed by atoms with Gasteiger partial charge in [-0.15, -0.1) is 0 Å². The predicted octanol–water partition coefficient (Wildman–Crippen LogP) is 4.05. The molecule has 0 aliphatic heterocycles. The van der Waals surface area contributed by atoms with Crippen LogP contribution in [0.15, 0.2) is 42.5 Å². The van der Waals surface area contributed by atoms with Gasteiger partial charge in [0.2, 0.25) is 0 Å². The van der Waals surface area contributed by atoms with Crippen molar-refractivity contribution in [1.82, 2.24) is 5.32 Å². The molecule has 0 saturated heterocycles. The Morgan fingerprint density at radius 3 is 2.38 bits per heavy atom. The molecule has 0 saturated carbocycles. The first-order chi connectivity index (χ1) is 12.3. The minimum Gasteiger partial charge on any atom is -0.508 e. The highest BCUT2D eigenvalue weighted by Gasteiger charge is 2.21. The topological polar surface area (TPSA) is 75.6 Å². The number of hydrogen-bond donors (Lipinski definition) is 2. The van der Waals surface area contributed by atoms with Gasteiger partial charge in [-0.1, -0.05) is 41.4 Å². The summed E-state index contributed by atoms with van der Waals surface area (Å²) < 4.78 is 5.16. The van der Waals surface area contributed by atoms with Crippen molar-refractivity contribution in [1.29, 1.82) is 0 Å². The van der Waals surface area contributed by atoms with Crippen LogP contribution in [0.1, 0.15) is 31.0 Å². The molecule has 0 heterocycles. The van der Waals surface area contributed by atoms with Crippen molar-refractivity contribution in [2.24, 2.45) is 0 Å². The number of aromatic hydroxyl groups is 1. The molecule has 0 aliphatic rings. The van der Waals surface area contributed by atoms with Gasteiger partial charge in [0.15, 0.2) is 6.10 Å².